The van der Waals surface area contributed by atoms with Crippen LogP contribution < -0.4 is 16.0 Å². The summed E-state index contributed by atoms with van der Waals surface area (Å²) < 4.78 is 5.10. The minimum atomic E-state index is 0.518. The molecule has 1 aromatic heterocycles. The van der Waals surface area contributed by atoms with Gasteiger partial charge in [0.25, 0.3) is 0 Å². The lowest BCUT2D eigenvalue weighted by atomic mass is 10.1. The van der Waals surface area contributed by atoms with Gasteiger partial charge in [0.05, 0.1) is 17.8 Å². The fourth-order valence-corrected chi connectivity index (χ4v) is 1.88. The van der Waals surface area contributed by atoms with Crippen molar-refractivity contribution in [1.82, 2.24) is 9.97 Å². The Morgan fingerprint density at radius 1 is 1.47 bits per heavy atom. The molecule has 0 unspecified atom stereocenters. The van der Waals surface area contributed by atoms with Crippen LogP contribution in [0.2, 0.25) is 5.02 Å². The lowest BCUT2D eigenvalue weighted by Gasteiger charge is -2.04. The van der Waals surface area contributed by atoms with Crippen LogP contribution in [0.15, 0.2) is 18.2 Å². The molecule has 17 heavy (non-hydrogen) atoms. The number of benzene rings is 1. The van der Waals surface area contributed by atoms with Crippen molar-refractivity contribution in [3.8, 4) is 17.0 Å². The number of hydrogen-bond donors (Lipinski definition) is 3. The van der Waals surface area contributed by atoms with Gasteiger partial charge in [-0.05, 0) is 25.1 Å². The third kappa shape index (κ3) is 2.20. The molecule has 90 valence electrons. The van der Waals surface area contributed by atoms with Crippen LogP contribution in [0.3, 0.4) is 0 Å². The number of ether oxygens (including phenoxy) is 1. The summed E-state index contributed by atoms with van der Waals surface area (Å²) in [6.45, 7) is 1.92. The van der Waals surface area contributed by atoms with Gasteiger partial charge in [0.15, 0.2) is 0 Å². The molecular weight excluding hydrogens is 240 g/mol. The average molecular weight is 253 g/mol. The number of halogens is 1. The van der Waals surface area contributed by atoms with Crippen molar-refractivity contribution in [3.63, 3.8) is 0 Å². The maximum atomic E-state index is 6.07. The number of rotatable bonds is 3. The molecule has 0 aliphatic carbocycles. The van der Waals surface area contributed by atoms with Gasteiger partial charge >= 0.3 is 0 Å². The van der Waals surface area contributed by atoms with Gasteiger partial charge in [-0.3, -0.25) is 5.43 Å². The number of nitrogens with two attached hydrogens (primary N) is 1. The van der Waals surface area contributed by atoms with E-state index in [1.54, 1.807) is 13.2 Å². The molecule has 0 spiro atoms. The normalized spacial score (nSPS) is 10.4. The van der Waals surface area contributed by atoms with E-state index in [0.29, 0.717) is 16.7 Å². The molecule has 0 aliphatic heterocycles. The second-order valence-electron chi connectivity index (χ2n) is 3.55. The van der Waals surface area contributed by atoms with E-state index in [1.165, 1.54) is 0 Å². The maximum Gasteiger partial charge on any atom is 0.215 e. The Kier molecular flexibility index (Phi) is 3.21. The molecule has 2 aromatic rings. The van der Waals surface area contributed by atoms with Crippen molar-refractivity contribution >= 4 is 17.5 Å². The topological polar surface area (TPSA) is 76.0 Å². The number of aromatic amines is 1. The maximum absolute atomic E-state index is 6.07. The first-order valence-electron chi connectivity index (χ1n) is 5.03. The summed E-state index contributed by atoms with van der Waals surface area (Å²) in [7, 11) is 1.58. The fourth-order valence-electron chi connectivity index (χ4n) is 1.62. The van der Waals surface area contributed by atoms with Crippen molar-refractivity contribution in [2.45, 2.75) is 6.92 Å². The zero-order valence-electron chi connectivity index (χ0n) is 9.54. The van der Waals surface area contributed by atoms with E-state index in [0.717, 1.165) is 17.0 Å². The highest BCUT2D eigenvalue weighted by atomic mass is 35.5. The minimum Gasteiger partial charge on any atom is -0.495 e. The van der Waals surface area contributed by atoms with Crippen molar-refractivity contribution < 1.29 is 4.74 Å². The quantitative estimate of drug-likeness (QED) is 0.579. The molecule has 4 N–H and O–H groups in total. The number of anilines is 1. The van der Waals surface area contributed by atoms with Crippen molar-refractivity contribution in [2.75, 3.05) is 12.5 Å². The van der Waals surface area contributed by atoms with Crippen LogP contribution in [0.4, 0.5) is 5.95 Å². The predicted octanol–water partition coefficient (Wildman–Crippen LogP) is 2.33. The summed E-state index contributed by atoms with van der Waals surface area (Å²) in [6, 6.07) is 5.51. The van der Waals surface area contributed by atoms with E-state index < -0.39 is 0 Å². The van der Waals surface area contributed by atoms with Gasteiger partial charge < -0.3 is 9.72 Å². The number of nitrogens with zero attached hydrogens (tertiary/aromatic N) is 1. The highest BCUT2D eigenvalue weighted by Gasteiger charge is 2.10. The molecule has 1 heterocycles. The Labute approximate surface area is 104 Å². The number of hydrazine groups is 1. The lowest BCUT2D eigenvalue weighted by Crippen LogP contribution is -2.07. The molecule has 0 fully saturated rings. The SMILES string of the molecule is COc1ccc(-c2nc(NN)[nH]c2C)cc1Cl. The first-order valence-corrected chi connectivity index (χ1v) is 5.40. The highest BCUT2D eigenvalue weighted by molar-refractivity contribution is 6.32. The predicted molar refractivity (Wildman–Crippen MR) is 68.1 cm³/mol. The van der Waals surface area contributed by atoms with E-state index in [1.807, 2.05) is 19.1 Å². The number of H-pyrrole nitrogens is 1. The first-order chi connectivity index (χ1) is 8.15. The molecule has 1 aromatic carbocycles. The molecule has 0 aliphatic rings. The number of aromatic nitrogens is 2. The van der Waals surface area contributed by atoms with Crippen LogP contribution in [0.25, 0.3) is 11.3 Å². The van der Waals surface area contributed by atoms with Crippen molar-refractivity contribution in [3.05, 3.63) is 28.9 Å². The zero-order chi connectivity index (χ0) is 12.4. The molecule has 6 heteroatoms. The number of aryl methyl sites for hydroxylation is 1. The molecule has 5 nitrogen and oxygen atoms in total. The molecule has 2 rings (SSSR count). The van der Waals surface area contributed by atoms with E-state index in [-0.39, 0.29) is 0 Å². The monoisotopic (exact) mass is 252 g/mol. The van der Waals surface area contributed by atoms with Gasteiger partial charge in [-0.25, -0.2) is 10.8 Å². The second kappa shape index (κ2) is 4.65. The number of methoxy groups -OCH3 is 1. The third-order valence-corrected chi connectivity index (χ3v) is 2.74. The molecule has 0 bridgehead atoms. The second-order valence-corrected chi connectivity index (χ2v) is 3.96. The van der Waals surface area contributed by atoms with Crippen LogP contribution in [0.1, 0.15) is 5.69 Å². The summed E-state index contributed by atoms with van der Waals surface area (Å²) in [5.74, 6) is 6.45. The third-order valence-electron chi connectivity index (χ3n) is 2.45. The molecule has 0 saturated carbocycles. The fraction of sp³-hybridized carbons (Fsp3) is 0.182. The summed E-state index contributed by atoms with van der Waals surface area (Å²) >= 11 is 6.07. The Hall–Kier alpha value is -1.72. The van der Waals surface area contributed by atoms with Gasteiger partial charge in [0, 0.05) is 11.3 Å². The largest absolute Gasteiger partial charge is 0.495 e. The van der Waals surface area contributed by atoms with Crippen molar-refractivity contribution in [2.24, 2.45) is 5.84 Å². The number of nitrogens with one attached hydrogen (secondary N) is 2. The number of imidazole rings is 1. The smallest absolute Gasteiger partial charge is 0.215 e. The summed E-state index contributed by atoms with van der Waals surface area (Å²) in [6.07, 6.45) is 0. The number of nitrogen functional groups attached to an aromatic ring is 1. The zero-order valence-corrected chi connectivity index (χ0v) is 10.3. The van der Waals surface area contributed by atoms with Gasteiger partial charge in [-0.15, -0.1) is 0 Å². The van der Waals surface area contributed by atoms with Crippen LogP contribution in [0, 0.1) is 6.92 Å². The lowest BCUT2D eigenvalue weighted by molar-refractivity contribution is 0.415. The molecule has 0 radical (unpaired) electrons. The van der Waals surface area contributed by atoms with Gasteiger partial charge in [-0.2, -0.15) is 0 Å². The number of hydrogen-bond acceptors (Lipinski definition) is 4. The molecular formula is C11H13ClN4O. The van der Waals surface area contributed by atoms with E-state index in [2.05, 4.69) is 15.4 Å². The Bertz CT molecular complexity index is 538. The van der Waals surface area contributed by atoms with Crippen LogP contribution >= 0.6 is 11.6 Å². The first kappa shape index (κ1) is 11.8. The van der Waals surface area contributed by atoms with Gasteiger partial charge in [0.1, 0.15) is 5.75 Å². The summed E-state index contributed by atoms with van der Waals surface area (Å²) in [5.41, 5.74) is 5.10. The molecule has 0 saturated heterocycles. The highest BCUT2D eigenvalue weighted by Crippen LogP contribution is 2.31. The van der Waals surface area contributed by atoms with Gasteiger partial charge in [0.2, 0.25) is 5.95 Å². The average Bonchev–Trinajstić information content (AvgIpc) is 2.70. The van der Waals surface area contributed by atoms with E-state index in [4.69, 9.17) is 22.2 Å². The van der Waals surface area contributed by atoms with Crippen LogP contribution in [-0.4, -0.2) is 17.1 Å². The van der Waals surface area contributed by atoms with E-state index >= 15 is 0 Å². The Balaban J connectivity index is 2.45. The van der Waals surface area contributed by atoms with Crippen molar-refractivity contribution in [1.29, 1.82) is 0 Å². The standard InChI is InChI=1S/C11H13ClN4O/c1-6-10(15-11(14-6)16-13)7-3-4-9(17-2)8(12)5-7/h3-5H,13H2,1-2H3,(H2,14,15,16). The summed E-state index contributed by atoms with van der Waals surface area (Å²) in [4.78, 5) is 7.32. The van der Waals surface area contributed by atoms with Crippen LogP contribution in [0.5, 0.6) is 5.75 Å². The summed E-state index contributed by atoms with van der Waals surface area (Å²) in [5, 5.41) is 0.551. The van der Waals surface area contributed by atoms with Crippen LogP contribution in [-0.2, 0) is 0 Å². The Morgan fingerprint density at radius 2 is 2.24 bits per heavy atom. The van der Waals surface area contributed by atoms with Gasteiger partial charge in [-0.1, -0.05) is 11.6 Å². The minimum absolute atomic E-state index is 0.518. The molecule has 0 atom stereocenters. The Morgan fingerprint density at radius 3 is 2.76 bits per heavy atom. The van der Waals surface area contributed by atoms with E-state index in [9.17, 15) is 0 Å². The molecule has 0 amide bonds.